The van der Waals surface area contributed by atoms with Crippen LogP contribution in [-0.4, -0.2) is 5.84 Å². The maximum atomic E-state index is 7.39. The molecule has 0 saturated carbocycles. The Hall–Kier alpha value is -1.45. The maximum Gasteiger partial charge on any atom is 0.122 e. The summed E-state index contributed by atoms with van der Waals surface area (Å²) < 4.78 is 0. The molecular formula is C16H17ClN2S. The number of hydrogen-bond acceptors (Lipinski definition) is 2. The first-order valence-corrected chi connectivity index (χ1v) is 7.85. The Labute approximate surface area is 128 Å². The molecule has 0 aliphatic heterocycles. The molecule has 0 aromatic heterocycles. The van der Waals surface area contributed by atoms with Gasteiger partial charge in [0, 0.05) is 22.1 Å². The molecule has 20 heavy (non-hydrogen) atoms. The summed E-state index contributed by atoms with van der Waals surface area (Å²) in [6, 6.07) is 14.1. The van der Waals surface area contributed by atoms with Gasteiger partial charge in [-0.25, -0.2) is 0 Å². The minimum atomic E-state index is 0.0471. The maximum absolute atomic E-state index is 7.39. The quantitative estimate of drug-likeness (QED) is 0.636. The molecule has 4 heteroatoms. The molecule has 0 aliphatic carbocycles. The molecule has 0 atom stereocenters. The third-order valence-corrected chi connectivity index (χ3v) is 4.38. The van der Waals surface area contributed by atoms with Gasteiger partial charge < -0.3 is 5.73 Å². The number of hydrogen-bond donors (Lipinski definition) is 2. The molecule has 0 heterocycles. The van der Waals surface area contributed by atoms with Crippen molar-refractivity contribution in [2.75, 3.05) is 0 Å². The van der Waals surface area contributed by atoms with E-state index in [0.29, 0.717) is 10.6 Å². The van der Waals surface area contributed by atoms with E-state index in [9.17, 15) is 0 Å². The summed E-state index contributed by atoms with van der Waals surface area (Å²) in [7, 11) is 0. The number of halogens is 1. The normalized spacial score (nSPS) is 10.5. The topological polar surface area (TPSA) is 49.9 Å². The van der Waals surface area contributed by atoms with Crippen LogP contribution in [-0.2, 0) is 11.5 Å². The van der Waals surface area contributed by atoms with Gasteiger partial charge in [-0.15, -0.1) is 0 Å². The molecule has 2 aromatic rings. The van der Waals surface area contributed by atoms with Gasteiger partial charge in [0.05, 0.1) is 0 Å². The number of benzene rings is 2. The van der Waals surface area contributed by atoms with E-state index in [0.717, 1.165) is 17.1 Å². The summed E-state index contributed by atoms with van der Waals surface area (Å²) >= 11 is 8.04. The SMILES string of the molecule is Cc1cccc(CSCc2ccc(C(=N)N)cc2Cl)c1. The van der Waals surface area contributed by atoms with E-state index in [1.807, 2.05) is 23.9 Å². The lowest BCUT2D eigenvalue weighted by molar-refractivity contribution is 1.33. The minimum Gasteiger partial charge on any atom is -0.384 e. The predicted molar refractivity (Wildman–Crippen MR) is 88.6 cm³/mol. The van der Waals surface area contributed by atoms with Crippen molar-refractivity contribution >= 4 is 29.2 Å². The van der Waals surface area contributed by atoms with E-state index < -0.39 is 0 Å². The van der Waals surface area contributed by atoms with Crippen molar-refractivity contribution in [3.8, 4) is 0 Å². The van der Waals surface area contributed by atoms with Crippen molar-refractivity contribution in [3.63, 3.8) is 0 Å². The van der Waals surface area contributed by atoms with Crippen molar-refractivity contribution < 1.29 is 0 Å². The fourth-order valence-corrected chi connectivity index (χ4v) is 3.23. The number of nitrogens with one attached hydrogen (secondary N) is 1. The van der Waals surface area contributed by atoms with Crippen LogP contribution in [0.15, 0.2) is 42.5 Å². The molecule has 104 valence electrons. The first-order chi connectivity index (χ1) is 9.56. The smallest absolute Gasteiger partial charge is 0.122 e. The van der Waals surface area contributed by atoms with Crippen LogP contribution >= 0.6 is 23.4 Å². The van der Waals surface area contributed by atoms with Crippen LogP contribution in [0.5, 0.6) is 0 Å². The van der Waals surface area contributed by atoms with Gasteiger partial charge in [-0.3, -0.25) is 5.41 Å². The van der Waals surface area contributed by atoms with Crippen LogP contribution in [0, 0.1) is 12.3 Å². The molecular weight excluding hydrogens is 288 g/mol. The van der Waals surface area contributed by atoms with E-state index in [4.69, 9.17) is 22.7 Å². The van der Waals surface area contributed by atoms with Gasteiger partial charge in [-0.1, -0.05) is 53.6 Å². The third kappa shape index (κ3) is 4.02. The molecule has 3 N–H and O–H groups in total. The zero-order valence-corrected chi connectivity index (χ0v) is 12.9. The highest BCUT2D eigenvalue weighted by atomic mass is 35.5. The van der Waals surface area contributed by atoms with Crippen molar-refractivity contribution in [2.24, 2.45) is 5.73 Å². The van der Waals surface area contributed by atoms with Crippen molar-refractivity contribution in [1.29, 1.82) is 5.41 Å². The summed E-state index contributed by atoms with van der Waals surface area (Å²) in [5.41, 5.74) is 9.80. The highest BCUT2D eigenvalue weighted by Crippen LogP contribution is 2.24. The second-order valence-electron chi connectivity index (χ2n) is 4.70. The predicted octanol–water partition coefficient (Wildman–Crippen LogP) is 4.37. The van der Waals surface area contributed by atoms with E-state index in [-0.39, 0.29) is 5.84 Å². The molecule has 2 nitrogen and oxygen atoms in total. The first kappa shape index (κ1) is 14.9. The summed E-state index contributed by atoms with van der Waals surface area (Å²) in [5, 5.41) is 8.06. The molecule has 0 unspecified atom stereocenters. The van der Waals surface area contributed by atoms with Gasteiger partial charge in [0.1, 0.15) is 5.84 Å². The Morgan fingerprint density at radius 3 is 2.65 bits per heavy atom. The lowest BCUT2D eigenvalue weighted by Crippen LogP contribution is -2.10. The van der Waals surface area contributed by atoms with Gasteiger partial charge >= 0.3 is 0 Å². The highest BCUT2D eigenvalue weighted by Gasteiger charge is 2.04. The fourth-order valence-electron chi connectivity index (χ4n) is 1.91. The Balaban J connectivity index is 1.96. The Bertz CT molecular complexity index is 626. The number of thioether (sulfide) groups is 1. The summed E-state index contributed by atoms with van der Waals surface area (Å²) in [5.74, 6) is 1.86. The number of amidine groups is 1. The van der Waals surface area contributed by atoms with Crippen molar-refractivity contribution in [1.82, 2.24) is 0 Å². The average Bonchev–Trinajstić information content (AvgIpc) is 2.40. The second-order valence-corrected chi connectivity index (χ2v) is 6.09. The second kappa shape index (κ2) is 6.82. The lowest BCUT2D eigenvalue weighted by atomic mass is 10.1. The summed E-state index contributed by atoms with van der Waals surface area (Å²) in [6.45, 7) is 2.10. The third-order valence-electron chi connectivity index (χ3n) is 2.97. The van der Waals surface area contributed by atoms with Gasteiger partial charge in [-0.2, -0.15) is 11.8 Å². The van der Waals surface area contributed by atoms with Crippen molar-refractivity contribution in [3.05, 3.63) is 69.7 Å². The fraction of sp³-hybridized carbons (Fsp3) is 0.188. The monoisotopic (exact) mass is 304 g/mol. The molecule has 0 fully saturated rings. The summed E-state index contributed by atoms with van der Waals surface area (Å²) in [4.78, 5) is 0. The zero-order valence-electron chi connectivity index (χ0n) is 11.3. The molecule has 0 bridgehead atoms. The van der Waals surface area contributed by atoms with Crippen molar-refractivity contribution in [2.45, 2.75) is 18.4 Å². The van der Waals surface area contributed by atoms with Gasteiger partial charge in [0.25, 0.3) is 0 Å². The Kier molecular flexibility index (Phi) is 5.10. The highest BCUT2D eigenvalue weighted by molar-refractivity contribution is 7.97. The van der Waals surface area contributed by atoms with E-state index in [1.165, 1.54) is 11.1 Å². The van der Waals surface area contributed by atoms with Crippen LogP contribution in [0.1, 0.15) is 22.3 Å². The van der Waals surface area contributed by atoms with Crippen LogP contribution in [0.25, 0.3) is 0 Å². The molecule has 2 aromatic carbocycles. The average molecular weight is 305 g/mol. The van der Waals surface area contributed by atoms with Crippen LogP contribution in [0.2, 0.25) is 5.02 Å². The molecule has 0 radical (unpaired) electrons. The molecule has 0 amide bonds. The summed E-state index contributed by atoms with van der Waals surface area (Å²) in [6.07, 6.45) is 0. The molecule has 2 rings (SSSR count). The van der Waals surface area contributed by atoms with Gasteiger partial charge in [-0.05, 0) is 24.1 Å². The van der Waals surface area contributed by atoms with Gasteiger partial charge in [0.15, 0.2) is 0 Å². The number of nitrogens with two attached hydrogens (primary N) is 1. The van der Waals surface area contributed by atoms with Crippen LogP contribution in [0.3, 0.4) is 0 Å². The largest absolute Gasteiger partial charge is 0.384 e. The zero-order chi connectivity index (χ0) is 14.5. The standard InChI is InChI=1S/C16H17ClN2S/c1-11-3-2-4-12(7-11)9-20-10-14-6-5-13(16(18)19)8-15(14)17/h2-8H,9-10H2,1H3,(H3,18,19). The lowest BCUT2D eigenvalue weighted by Gasteiger charge is -2.07. The molecule has 0 aliphatic rings. The number of aryl methyl sites for hydroxylation is 1. The Morgan fingerprint density at radius 2 is 2.00 bits per heavy atom. The first-order valence-electron chi connectivity index (χ1n) is 6.32. The Morgan fingerprint density at radius 1 is 1.20 bits per heavy atom. The minimum absolute atomic E-state index is 0.0471. The number of rotatable bonds is 5. The molecule has 0 spiro atoms. The number of nitrogen functional groups attached to an aromatic ring is 1. The van der Waals surface area contributed by atoms with E-state index in [2.05, 4.69) is 31.2 Å². The molecule has 0 saturated heterocycles. The van der Waals surface area contributed by atoms with E-state index in [1.54, 1.807) is 6.07 Å². The van der Waals surface area contributed by atoms with E-state index >= 15 is 0 Å². The van der Waals surface area contributed by atoms with Gasteiger partial charge in [0.2, 0.25) is 0 Å². The van der Waals surface area contributed by atoms with Crippen LogP contribution in [0.4, 0.5) is 0 Å². The van der Waals surface area contributed by atoms with Crippen LogP contribution < -0.4 is 5.73 Å².